The van der Waals surface area contributed by atoms with Crippen molar-refractivity contribution in [1.82, 2.24) is 0 Å². The Morgan fingerprint density at radius 1 is 0.913 bits per heavy atom. The lowest BCUT2D eigenvalue weighted by Crippen LogP contribution is -1.88. The van der Waals surface area contributed by atoms with Gasteiger partial charge in [0.05, 0.1) is 0 Å². The third-order valence-electron chi connectivity index (χ3n) is 3.95. The van der Waals surface area contributed by atoms with Crippen molar-refractivity contribution in [3.05, 3.63) is 65.7 Å². The number of rotatable bonds is 3. The first-order chi connectivity index (χ1) is 11.1. The first-order valence-corrected chi connectivity index (χ1v) is 7.64. The fraction of sp³-hybridized carbons (Fsp3) is 0.150. The fourth-order valence-corrected chi connectivity index (χ4v) is 2.56. The summed E-state index contributed by atoms with van der Waals surface area (Å²) in [5, 5.41) is 22.1. The topological polar surface area (TPSA) is 52.8 Å². The molecule has 0 atom stereocenters. The van der Waals surface area contributed by atoms with Crippen LogP contribution in [0.1, 0.15) is 30.9 Å². The highest BCUT2D eigenvalue weighted by molar-refractivity contribution is 6.03. The summed E-state index contributed by atoms with van der Waals surface area (Å²) >= 11 is 0. The molecule has 116 valence electrons. The molecule has 0 heterocycles. The Labute approximate surface area is 135 Å². The van der Waals surface area contributed by atoms with Gasteiger partial charge < -0.3 is 10.2 Å². The number of benzene rings is 3. The van der Waals surface area contributed by atoms with Gasteiger partial charge in [0.1, 0.15) is 17.2 Å². The molecule has 3 aromatic carbocycles. The second kappa shape index (κ2) is 6.13. The fourth-order valence-electron chi connectivity index (χ4n) is 2.56. The van der Waals surface area contributed by atoms with E-state index in [-0.39, 0.29) is 11.5 Å². The summed E-state index contributed by atoms with van der Waals surface area (Å²) in [4.78, 5) is 4.40. The highest BCUT2D eigenvalue weighted by Gasteiger charge is 2.07. The summed E-state index contributed by atoms with van der Waals surface area (Å²) in [6.07, 6.45) is 1.61. The Bertz CT molecular complexity index is 882. The molecular weight excluding hydrogens is 286 g/mol. The zero-order chi connectivity index (χ0) is 16.4. The molecule has 0 aromatic heterocycles. The van der Waals surface area contributed by atoms with Crippen LogP contribution in [0.5, 0.6) is 11.5 Å². The number of aliphatic imine (C=N–C) groups is 1. The van der Waals surface area contributed by atoms with E-state index in [1.54, 1.807) is 18.3 Å². The zero-order valence-corrected chi connectivity index (χ0v) is 13.2. The van der Waals surface area contributed by atoms with Crippen LogP contribution in [-0.2, 0) is 0 Å². The molecule has 3 aromatic rings. The Balaban J connectivity index is 2.07. The molecule has 0 fully saturated rings. The van der Waals surface area contributed by atoms with Crippen molar-refractivity contribution in [2.45, 2.75) is 19.8 Å². The van der Waals surface area contributed by atoms with Crippen LogP contribution < -0.4 is 0 Å². The predicted molar refractivity (Wildman–Crippen MR) is 95.1 cm³/mol. The largest absolute Gasteiger partial charge is 0.507 e. The lowest BCUT2D eigenvalue weighted by atomic mass is 10.0. The molecule has 3 heteroatoms. The van der Waals surface area contributed by atoms with Gasteiger partial charge in [0.25, 0.3) is 0 Å². The standard InChI is InChI=1S/C20H19NO2/c1-13(2)15-8-10-20(23)18(11-15)21-12-17-16-6-4-3-5-14(16)7-9-19(17)22/h3-13,22-23H,1-2H3. The van der Waals surface area contributed by atoms with Gasteiger partial charge in [0, 0.05) is 11.8 Å². The van der Waals surface area contributed by atoms with Crippen molar-refractivity contribution in [3.63, 3.8) is 0 Å². The zero-order valence-electron chi connectivity index (χ0n) is 13.2. The van der Waals surface area contributed by atoms with E-state index < -0.39 is 0 Å². The van der Waals surface area contributed by atoms with Gasteiger partial charge in [0.2, 0.25) is 0 Å². The molecule has 0 aliphatic heterocycles. The molecule has 0 unspecified atom stereocenters. The van der Waals surface area contributed by atoms with Crippen molar-refractivity contribution in [1.29, 1.82) is 0 Å². The Hall–Kier alpha value is -2.81. The van der Waals surface area contributed by atoms with E-state index in [1.165, 1.54) is 0 Å². The van der Waals surface area contributed by atoms with E-state index in [0.717, 1.165) is 16.3 Å². The van der Waals surface area contributed by atoms with E-state index >= 15 is 0 Å². The molecule has 0 saturated heterocycles. The first kappa shape index (κ1) is 15.1. The minimum atomic E-state index is 0.130. The second-order valence-corrected chi connectivity index (χ2v) is 5.88. The summed E-state index contributed by atoms with van der Waals surface area (Å²) in [6, 6.07) is 16.8. The molecule has 0 saturated carbocycles. The lowest BCUT2D eigenvalue weighted by Gasteiger charge is -2.08. The summed E-state index contributed by atoms with van der Waals surface area (Å²) < 4.78 is 0. The van der Waals surface area contributed by atoms with Crippen LogP contribution in [0, 0.1) is 0 Å². The van der Waals surface area contributed by atoms with E-state index in [4.69, 9.17) is 0 Å². The van der Waals surface area contributed by atoms with Gasteiger partial charge in [0.15, 0.2) is 0 Å². The molecule has 0 aliphatic carbocycles. The third-order valence-corrected chi connectivity index (χ3v) is 3.95. The van der Waals surface area contributed by atoms with Crippen LogP contribution in [-0.4, -0.2) is 16.4 Å². The SMILES string of the molecule is CC(C)c1ccc(O)c(N=Cc2c(O)ccc3ccccc23)c1. The average molecular weight is 305 g/mol. The van der Waals surface area contributed by atoms with Gasteiger partial charge in [-0.1, -0.05) is 50.2 Å². The normalized spacial score (nSPS) is 11.6. The summed E-state index contributed by atoms with van der Waals surface area (Å²) in [5.74, 6) is 0.660. The van der Waals surface area contributed by atoms with Gasteiger partial charge in [-0.25, -0.2) is 0 Å². The Morgan fingerprint density at radius 3 is 2.43 bits per heavy atom. The number of phenols is 2. The number of nitrogens with zero attached hydrogens (tertiary/aromatic N) is 1. The molecule has 23 heavy (non-hydrogen) atoms. The molecule has 2 N–H and O–H groups in total. The highest BCUT2D eigenvalue weighted by atomic mass is 16.3. The van der Waals surface area contributed by atoms with E-state index in [0.29, 0.717) is 17.2 Å². The maximum Gasteiger partial charge on any atom is 0.141 e. The predicted octanol–water partition coefficient (Wildman–Crippen LogP) is 5.13. The van der Waals surface area contributed by atoms with Crippen molar-refractivity contribution in [2.24, 2.45) is 4.99 Å². The van der Waals surface area contributed by atoms with Crippen molar-refractivity contribution >= 4 is 22.7 Å². The number of fused-ring (bicyclic) bond motifs is 1. The number of phenolic OH excluding ortho intramolecular Hbond substituents is 2. The van der Waals surface area contributed by atoms with Gasteiger partial charge in [-0.15, -0.1) is 0 Å². The van der Waals surface area contributed by atoms with E-state index in [2.05, 4.69) is 18.8 Å². The van der Waals surface area contributed by atoms with Crippen molar-refractivity contribution in [3.8, 4) is 11.5 Å². The smallest absolute Gasteiger partial charge is 0.141 e. The van der Waals surface area contributed by atoms with Gasteiger partial charge in [-0.2, -0.15) is 0 Å². The molecular formula is C20H19NO2. The molecule has 3 rings (SSSR count). The van der Waals surface area contributed by atoms with Crippen molar-refractivity contribution < 1.29 is 10.2 Å². The van der Waals surface area contributed by atoms with Crippen LogP contribution in [0.15, 0.2) is 59.6 Å². The molecule has 0 bridgehead atoms. The number of hydrogen-bond acceptors (Lipinski definition) is 3. The van der Waals surface area contributed by atoms with Crippen LogP contribution in [0.2, 0.25) is 0 Å². The summed E-state index contributed by atoms with van der Waals surface area (Å²) in [6.45, 7) is 4.19. The second-order valence-electron chi connectivity index (χ2n) is 5.88. The van der Waals surface area contributed by atoms with Crippen LogP contribution >= 0.6 is 0 Å². The monoisotopic (exact) mass is 305 g/mol. The molecule has 0 radical (unpaired) electrons. The van der Waals surface area contributed by atoms with Gasteiger partial charge in [-0.05, 0) is 40.5 Å². The third kappa shape index (κ3) is 3.04. The maximum atomic E-state index is 10.1. The quantitative estimate of drug-likeness (QED) is 0.659. The van der Waals surface area contributed by atoms with Crippen LogP contribution in [0.25, 0.3) is 10.8 Å². The molecule has 3 nitrogen and oxygen atoms in total. The molecule has 0 amide bonds. The summed E-state index contributed by atoms with van der Waals surface area (Å²) in [7, 11) is 0. The first-order valence-electron chi connectivity index (χ1n) is 7.64. The van der Waals surface area contributed by atoms with E-state index in [9.17, 15) is 10.2 Å². The van der Waals surface area contributed by atoms with Crippen LogP contribution in [0.4, 0.5) is 5.69 Å². The van der Waals surface area contributed by atoms with Gasteiger partial charge in [-0.3, -0.25) is 4.99 Å². The number of hydrogen-bond donors (Lipinski definition) is 2. The maximum absolute atomic E-state index is 10.1. The lowest BCUT2D eigenvalue weighted by molar-refractivity contribution is 0.474. The van der Waals surface area contributed by atoms with Crippen molar-refractivity contribution in [2.75, 3.05) is 0 Å². The Kier molecular flexibility index (Phi) is 4.02. The number of aromatic hydroxyl groups is 2. The molecule has 0 aliphatic rings. The van der Waals surface area contributed by atoms with Gasteiger partial charge >= 0.3 is 0 Å². The van der Waals surface area contributed by atoms with Crippen LogP contribution in [0.3, 0.4) is 0 Å². The van der Waals surface area contributed by atoms with E-state index in [1.807, 2.05) is 42.5 Å². The highest BCUT2D eigenvalue weighted by Crippen LogP contribution is 2.31. The summed E-state index contributed by atoms with van der Waals surface area (Å²) in [5.41, 5.74) is 2.26. The minimum absolute atomic E-state index is 0.130. The molecule has 0 spiro atoms. The minimum Gasteiger partial charge on any atom is -0.507 e. The Morgan fingerprint density at radius 2 is 1.65 bits per heavy atom. The average Bonchev–Trinajstić information content (AvgIpc) is 2.55.